The van der Waals surface area contributed by atoms with E-state index in [1.165, 1.54) is 42.1 Å². The van der Waals surface area contributed by atoms with Gasteiger partial charge in [0.25, 0.3) is 0 Å². The molecule has 50 heavy (non-hydrogen) atoms. The maximum atomic E-state index is 5.14. The molecule has 0 amide bonds. The van der Waals surface area contributed by atoms with Gasteiger partial charge in [0.2, 0.25) is 0 Å². The number of hydrogen-bond acceptors (Lipinski definition) is 4. The fourth-order valence-electron chi connectivity index (χ4n) is 7.23. The van der Waals surface area contributed by atoms with Crippen molar-refractivity contribution in [1.82, 2.24) is 19.5 Å². The molecule has 0 aliphatic rings. The van der Waals surface area contributed by atoms with Gasteiger partial charge < -0.3 is 4.57 Å². The molecule has 7 aromatic carbocycles. The molecule has 0 aliphatic carbocycles. The second-order valence-electron chi connectivity index (χ2n) is 12.4. The van der Waals surface area contributed by atoms with Gasteiger partial charge in [-0.25, -0.2) is 15.0 Å². The minimum absolute atomic E-state index is 0.628. The molecule has 3 heterocycles. The molecule has 10 rings (SSSR count). The Balaban J connectivity index is 1.28. The number of nitrogens with zero attached hydrogens (tertiary/aromatic N) is 4. The molecule has 5 heteroatoms. The maximum Gasteiger partial charge on any atom is 0.166 e. The van der Waals surface area contributed by atoms with Crippen molar-refractivity contribution in [2.24, 2.45) is 0 Å². The van der Waals surface area contributed by atoms with E-state index < -0.39 is 0 Å². The predicted octanol–water partition coefficient (Wildman–Crippen LogP) is 12.0. The molecule has 234 valence electrons. The standard InChI is InChI=1S/C45H28N4S/c1-3-15-29(16-4-1)43-46-44(30-17-5-2-6-18-30)48-45(47-43)37-21-8-11-27-39(37)49-38-26-10-7-19-31(38)33-22-13-23-34(41(33)49)36-25-14-24-35-32-20-9-12-28-40(32)50-42(35)36/h1-28H. The summed E-state index contributed by atoms with van der Waals surface area (Å²) in [5.74, 6) is 1.91. The van der Waals surface area contributed by atoms with E-state index in [2.05, 4.69) is 114 Å². The van der Waals surface area contributed by atoms with E-state index in [1.54, 1.807) is 0 Å². The molecular weight excluding hydrogens is 629 g/mol. The van der Waals surface area contributed by atoms with Crippen LogP contribution in [0.15, 0.2) is 170 Å². The van der Waals surface area contributed by atoms with Crippen LogP contribution < -0.4 is 0 Å². The lowest BCUT2D eigenvalue weighted by Crippen LogP contribution is -2.04. The molecule has 0 saturated heterocycles. The molecule has 4 nitrogen and oxygen atoms in total. The number of rotatable bonds is 5. The van der Waals surface area contributed by atoms with Crippen molar-refractivity contribution in [2.75, 3.05) is 0 Å². The number of fused-ring (bicyclic) bond motifs is 6. The SMILES string of the molecule is c1ccc(-c2nc(-c3ccccc3)nc(-c3ccccc3-n3c4ccccc4c4cccc(-c5cccc6c5sc5ccccc56)c43)n2)cc1. The minimum Gasteiger partial charge on any atom is -0.308 e. The Kier molecular flexibility index (Phi) is 6.64. The highest BCUT2D eigenvalue weighted by Crippen LogP contribution is 2.45. The first-order valence-electron chi connectivity index (χ1n) is 16.7. The number of hydrogen-bond donors (Lipinski definition) is 0. The summed E-state index contributed by atoms with van der Waals surface area (Å²) < 4.78 is 5.01. The summed E-state index contributed by atoms with van der Waals surface area (Å²) in [6, 6.07) is 59.6. The third-order valence-electron chi connectivity index (χ3n) is 9.47. The fraction of sp³-hybridized carbons (Fsp3) is 0. The normalized spacial score (nSPS) is 11.6. The Labute approximate surface area is 292 Å². The second-order valence-corrected chi connectivity index (χ2v) is 13.4. The van der Waals surface area contributed by atoms with Gasteiger partial charge in [-0.05, 0) is 24.3 Å². The Morgan fingerprint density at radius 1 is 0.380 bits per heavy atom. The zero-order valence-corrected chi connectivity index (χ0v) is 27.7. The molecule has 0 bridgehead atoms. The largest absolute Gasteiger partial charge is 0.308 e. The summed E-state index contributed by atoms with van der Waals surface area (Å²) in [4.78, 5) is 15.2. The van der Waals surface area contributed by atoms with Gasteiger partial charge in [-0.1, -0.05) is 146 Å². The molecule has 0 spiro atoms. The molecular formula is C45H28N4S. The van der Waals surface area contributed by atoms with Gasteiger partial charge in [0.05, 0.1) is 16.7 Å². The van der Waals surface area contributed by atoms with Crippen molar-refractivity contribution in [3.63, 3.8) is 0 Å². The molecule has 0 aliphatic heterocycles. The van der Waals surface area contributed by atoms with Gasteiger partial charge in [-0.2, -0.15) is 0 Å². The molecule has 3 aromatic heterocycles. The van der Waals surface area contributed by atoms with E-state index in [-0.39, 0.29) is 0 Å². The van der Waals surface area contributed by atoms with E-state index >= 15 is 0 Å². The van der Waals surface area contributed by atoms with Gasteiger partial charge in [0, 0.05) is 58.8 Å². The molecule has 0 unspecified atom stereocenters. The van der Waals surface area contributed by atoms with Crippen molar-refractivity contribution in [3.05, 3.63) is 170 Å². The van der Waals surface area contributed by atoms with Crippen LogP contribution in [-0.2, 0) is 0 Å². The van der Waals surface area contributed by atoms with Crippen LogP contribution in [0, 0.1) is 0 Å². The Morgan fingerprint density at radius 3 is 1.68 bits per heavy atom. The summed E-state index contributed by atoms with van der Waals surface area (Å²) in [6.07, 6.45) is 0. The van der Waals surface area contributed by atoms with Gasteiger partial charge in [-0.15, -0.1) is 11.3 Å². The monoisotopic (exact) mass is 656 g/mol. The van der Waals surface area contributed by atoms with E-state index in [0.29, 0.717) is 17.5 Å². The zero-order chi connectivity index (χ0) is 33.0. The van der Waals surface area contributed by atoms with Crippen LogP contribution in [0.3, 0.4) is 0 Å². The van der Waals surface area contributed by atoms with Crippen molar-refractivity contribution in [3.8, 4) is 51.0 Å². The number of thiophene rings is 1. The number of para-hydroxylation sites is 3. The quantitative estimate of drug-likeness (QED) is 0.185. The minimum atomic E-state index is 0.628. The Hall–Kier alpha value is -6.43. The summed E-state index contributed by atoms with van der Waals surface area (Å²) in [5.41, 5.74) is 8.55. The Bertz CT molecular complexity index is 2810. The average Bonchev–Trinajstić information content (AvgIpc) is 3.75. The van der Waals surface area contributed by atoms with Crippen LogP contribution in [0.1, 0.15) is 0 Å². The van der Waals surface area contributed by atoms with Crippen molar-refractivity contribution < 1.29 is 0 Å². The summed E-state index contributed by atoms with van der Waals surface area (Å²) in [5, 5.41) is 4.99. The highest BCUT2D eigenvalue weighted by atomic mass is 32.1. The first kappa shape index (κ1) is 28.6. The first-order valence-corrected chi connectivity index (χ1v) is 17.5. The number of aromatic nitrogens is 4. The van der Waals surface area contributed by atoms with Crippen LogP contribution in [0.2, 0.25) is 0 Å². The Morgan fingerprint density at radius 2 is 0.920 bits per heavy atom. The number of benzene rings is 7. The molecule has 0 atom stereocenters. The van der Waals surface area contributed by atoms with E-state index in [1.807, 2.05) is 72.0 Å². The van der Waals surface area contributed by atoms with Gasteiger partial charge in [0.15, 0.2) is 17.5 Å². The van der Waals surface area contributed by atoms with Crippen LogP contribution >= 0.6 is 11.3 Å². The lowest BCUT2D eigenvalue weighted by atomic mass is 9.99. The molecule has 0 fully saturated rings. The molecule has 0 saturated carbocycles. The third-order valence-corrected chi connectivity index (χ3v) is 10.7. The zero-order valence-electron chi connectivity index (χ0n) is 26.9. The van der Waals surface area contributed by atoms with E-state index in [9.17, 15) is 0 Å². The molecule has 0 radical (unpaired) electrons. The van der Waals surface area contributed by atoms with E-state index in [4.69, 9.17) is 15.0 Å². The second kappa shape index (κ2) is 11.6. The van der Waals surface area contributed by atoms with Crippen molar-refractivity contribution >= 4 is 53.3 Å². The first-order chi connectivity index (χ1) is 24.8. The van der Waals surface area contributed by atoms with Crippen molar-refractivity contribution in [2.45, 2.75) is 0 Å². The van der Waals surface area contributed by atoms with Crippen LogP contribution in [0.5, 0.6) is 0 Å². The smallest absolute Gasteiger partial charge is 0.166 e. The molecule has 0 N–H and O–H groups in total. The average molecular weight is 657 g/mol. The van der Waals surface area contributed by atoms with Crippen LogP contribution in [-0.4, -0.2) is 19.5 Å². The van der Waals surface area contributed by atoms with Crippen LogP contribution in [0.25, 0.3) is 93.0 Å². The maximum absolute atomic E-state index is 5.14. The fourth-order valence-corrected chi connectivity index (χ4v) is 8.46. The topological polar surface area (TPSA) is 43.6 Å². The van der Waals surface area contributed by atoms with Crippen LogP contribution in [0.4, 0.5) is 0 Å². The predicted molar refractivity (Wildman–Crippen MR) is 209 cm³/mol. The van der Waals surface area contributed by atoms with E-state index in [0.717, 1.165) is 33.4 Å². The summed E-state index contributed by atoms with van der Waals surface area (Å²) >= 11 is 1.86. The van der Waals surface area contributed by atoms with Gasteiger partial charge in [0.1, 0.15) is 0 Å². The lowest BCUT2D eigenvalue weighted by Gasteiger charge is -2.16. The lowest BCUT2D eigenvalue weighted by molar-refractivity contribution is 1.06. The summed E-state index contributed by atoms with van der Waals surface area (Å²) in [6.45, 7) is 0. The highest BCUT2D eigenvalue weighted by Gasteiger charge is 2.22. The third kappa shape index (κ3) is 4.55. The van der Waals surface area contributed by atoms with Gasteiger partial charge in [-0.3, -0.25) is 0 Å². The summed E-state index contributed by atoms with van der Waals surface area (Å²) in [7, 11) is 0. The highest BCUT2D eigenvalue weighted by molar-refractivity contribution is 7.26. The van der Waals surface area contributed by atoms with Gasteiger partial charge >= 0.3 is 0 Å². The molecule has 10 aromatic rings. The van der Waals surface area contributed by atoms with Crippen molar-refractivity contribution in [1.29, 1.82) is 0 Å².